The number of amides is 2. The lowest BCUT2D eigenvalue weighted by Crippen LogP contribution is -2.40. The second-order valence-electron chi connectivity index (χ2n) is 4.32. The number of hydrogen-bond acceptors (Lipinski definition) is 4. The van der Waals surface area contributed by atoms with Crippen LogP contribution in [-0.2, 0) is 9.59 Å². The summed E-state index contributed by atoms with van der Waals surface area (Å²) in [4.78, 5) is 35.1. The average Bonchev–Trinajstić information content (AvgIpc) is 2.43. The molecule has 0 saturated heterocycles. The Bertz CT molecular complexity index is 573. The predicted molar refractivity (Wildman–Crippen MR) is 75.0 cm³/mol. The van der Waals surface area contributed by atoms with Crippen LogP contribution in [0.2, 0.25) is 0 Å². The Morgan fingerprint density at radius 2 is 2.25 bits per heavy atom. The van der Waals surface area contributed by atoms with Crippen LogP contribution in [0.1, 0.15) is 23.7 Å². The van der Waals surface area contributed by atoms with E-state index in [2.05, 4.69) is 10.6 Å². The molecule has 0 radical (unpaired) electrons. The van der Waals surface area contributed by atoms with Crippen molar-refractivity contribution in [3.63, 3.8) is 0 Å². The number of carboxylic acids is 1. The highest BCUT2D eigenvalue weighted by Crippen LogP contribution is 2.31. The number of carboxylic acid groups (broad SMARTS) is 1. The Balaban J connectivity index is 2.17. The van der Waals surface area contributed by atoms with Gasteiger partial charge in [-0.1, -0.05) is 6.92 Å². The minimum atomic E-state index is -1.07. The molecular weight excluding hydrogens is 280 g/mol. The van der Waals surface area contributed by atoms with Crippen LogP contribution in [0, 0.1) is 0 Å². The van der Waals surface area contributed by atoms with Crippen molar-refractivity contribution in [3.05, 3.63) is 23.8 Å². The van der Waals surface area contributed by atoms with E-state index in [-0.39, 0.29) is 5.91 Å². The molecule has 0 bridgehead atoms. The van der Waals surface area contributed by atoms with Crippen LogP contribution in [0.5, 0.6) is 0 Å². The Morgan fingerprint density at radius 1 is 1.50 bits per heavy atom. The summed E-state index contributed by atoms with van der Waals surface area (Å²) in [7, 11) is 0. The first-order valence-electron chi connectivity index (χ1n) is 6.11. The van der Waals surface area contributed by atoms with Crippen LogP contribution < -0.4 is 10.6 Å². The van der Waals surface area contributed by atoms with Gasteiger partial charge in [0.05, 0.1) is 11.4 Å². The van der Waals surface area contributed by atoms with Gasteiger partial charge < -0.3 is 15.7 Å². The maximum atomic E-state index is 12.0. The van der Waals surface area contributed by atoms with Gasteiger partial charge in [0.2, 0.25) is 5.91 Å². The third-order valence-corrected chi connectivity index (χ3v) is 3.96. The summed E-state index contributed by atoms with van der Waals surface area (Å²) in [5.74, 6) is -1.29. The smallest absolute Gasteiger partial charge is 0.326 e. The summed E-state index contributed by atoms with van der Waals surface area (Å²) in [5, 5.41) is 14.1. The number of rotatable bonds is 4. The Kier molecular flexibility index (Phi) is 4.29. The lowest BCUT2D eigenvalue weighted by molar-refractivity contribution is -0.139. The van der Waals surface area contributed by atoms with Gasteiger partial charge in [-0.3, -0.25) is 9.59 Å². The van der Waals surface area contributed by atoms with E-state index in [1.807, 2.05) is 0 Å². The van der Waals surface area contributed by atoms with Gasteiger partial charge in [-0.05, 0) is 24.6 Å². The number of hydrogen-bond donors (Lipinski definition) is 3. The number of benzene rings is 1. The molecule has 2 rings (SSSR count). The molecule has 0 spiro atoms. The minimum Gasteiger partial charge on any atom is -0.480 e. The third kappa shape index (κ3) is 3.11. The number of fused-ring (bicyclic) bond motifs is 1. The third-order valence-electron chi connectivity index (χ3n) is 2.89. The highest BCUT2D eigenvalue weighted by atomic mass is 32.2. The van der Waals surface area contributed by atoms with Crippen molar-refractivity contribution in [3.8, 4) is 0 Å². The number of aliphatic carboxylic acids is 1. The molecule has 1 atom stereocenters. The molecule has 1 aromatic rings. The molecule has 20 heavy (non-hydrogen) atoms. The van der Waals surface area contributed by atoms with Gasteiger partial charge in [0, 0.05) is 10.5 Å². The zero-order valence-electron chi connectivity index (χ0n) is 10.8. The average molecular weight is 294 g/mol. The van der Waals surface area contributed by atoms with E-state index in [0.717, 1.165) is 4.90 Å². The van der Waals surface area contributed by atoms with E-state index in [4.69, 9.17) is 5.11 Å². The zero-order chi connectivity index (χ0) is 14.7. The van der Waals surface area contributed by atoms with Crippen molar-refractivity contribution < 1.29 is 19.5 Å². The lowest BCUT2D eigenvalue weighted by Gasteiger charge is -2.17. The topological polar surface area (TPSA) is 95.5 Å². The number of anilines is 1. The number of carbonyl (C=O) groups excluding carboxylic acids is 2. The predicted octanol–water partition coefficient (Wildman–Crippen LogP) is 1.32. The summed E-state index contributed by atoms with van der Waals surface area (Å²) >= 11 is 1.40. The SMILES string of the molecule is CCC(NC(=O)c1ccc2c(c1)NC(=O)CS2)C(=O)O. The van der Waals surface area contributed by atoms with Crippen molar-refractivity contribution in [2.24, 2.45) is 0 Å². The maximum absolute atomic E-state index is 12.0. The highest BCUT2D eigenvalue weighted by molar-refractivity contribution is 8.00. The van der Waals surface area contributed by atoms with E-state index in [1.54, 1.807) is 25.1 Å². The molecule has 0 fully saturated rings. The molecule has 7 heteroatoms. The fraction of sp³-hybridized carbons (Fsp3) is 0.308. The molecular formula is C13H14N2O4S. The summed E-state index contributed by atoms with van der Waals surface area (Å²) in [6, 6.07) is 4.01. The first-order valence-corrected chi connectivity index (χ1v) is 7.10. The largest absolute Gasteiger partial charge is 0.480 e. The van der Waals surface area contributed by atoms with Gasteiger partial charge in [-0.25, -0.2) is 4.79 Å². The standard InChI is InChI=1S/C13H14N2O4S/c1-2-8(13(18)19)15-12(17)7-3-4-10-9(5-7)14-11(16)6-20-10/h3-5,8H,2,6H2,1H3,(H,14,16)(H,15,17)(H,18,19). The van der Waals surface area contributed by atoms with E-state index in [0.29, 0.717) is 23.4 Å². The minimum absolute atomic E-state index is 0.114. The molecule has 1 aliphatic rings. The summed E-state index contributed by atoms with van der Waals surface area (Å²) in [5.41, 5.74) is 0.911. The summed E-state index contributed by atoms with van der Waals surface area (Å²) < 4.78 is 0. The molecule has 3 N–H and O–H groups in total. The summed E-state index contributed by atoms with van der Waals surface area (Å²) in [6.45, 7) is 1.68. The quantitative estimate of drug-likeness (QED) is 0.778. The van der Waals surface area contributed by atoms with E-state index >= 15 is 0 Å². The second-order valence-corrected chi connectivity index (χ2v) is 5.34. The van der Waals surface area contributed by atoms with E-state index in [1.165, 1.54) is 11.8 Å². The highest BCUT2D eigenvalue weighted by Gasteiger charge is 2.21. The molecule has 0 aromatic heterocycles. The van der Waals surface area contributed by atoms with Gasteiger partial charge >= 0.3 is 5.97 Å². The molecule has 6 nitrogen and oxygen atoms in total. The molecule has 1 heterocycles. The van der Waals surface area contributed by atoms with Gasteiger partial charge in [0.1, 0.15) is 6.04 Å². The van der Waals surface area contributed by atoms with Crippen LogP contribution in [0.15, 0.2) is 23.1 Å². The van der Waals surface area contributed by atoms with Crippen LogP contribution in [0.25, 0.3) is 0 Å². The molecule has 1 aliphatic heterocycles. The van der Waals surface area contributed by atoms with Crippen molar-refractivity contribution >= 4 is 35.2 Å². The second kappa shape index (κ2) is 5.96. The fourth-order valence-electron chi connectivity index (χ4n) is 1.80. The Labute approximate surface area is 119 Å². The maximum Gasteiger partial charge on any atom is 0.326 e. The van der Waals surface area contributed by atoms with Crippen LogP contribution >= 0.6 is 11.8 Å². The van der Waals surface area contributed by atoms with Gasteiger partial charge in [0.25, 0.3) is 5.91 Å². The molecule has 0 saturated carbocycles. The number of carbonyl (C=O) groups is 3. The first kappa shape index (κ1) is 14.4. The van der Waals surface area contributed by atoms with Crippen molar-refractivity contribution in [1.29, 1.82) is 0 Å². The normalized spacial score (nSPS) is 14.9. The number of thioether (sulfide) groups is 1. The van der Waals surface area contributed by atoms with Crippen LogP contribution in [0.3, 0.4) is 0 Å². The Morgan fingerprint density at radius 3 is 2.90 bits per heavy atom. The van der Waals surface area contributed by atoms with E-state index in [9.17, 15) is 14.4 Å². The first-order chi connectivity index (χ1) is 9.51. The van der Waals surface area contributed by atoms with E-state index < -0.39 is 17.9 Å². The van der Waals surface area contributed by atoms with Crippen molar-refractivity contribution in [1.82, 2.24) is 5.32 Å². The lowest BCUT2D eigenvalue weighted by atomic mass is 10.1. The molecule has 1 unspecified atom stereocenters. The van der Waals surface area contributed by atoms with Gasteiger partial charge in [-0.15, -0.1) is 11.8 Å². The Hall–Kier alpha value is -2.02. The number of nitrogens with one attached hydrogen (secondary N) is 2. The van der Waals surface area contributed by atoms with Gasteiger partial charge in [-0.2, -0.15) is 0 Å². The fourth-order valence-corrected chi connectivity index (χ4v) is 2.59. The van der Waals surface area contributed by atoms with Crippen molar-refractivity contribution in [2.75, 3.05) is 11.1 Å². The monoisotopic (exact) mass is 294 g/mol. The van der Waals surface area contributed by atoms with Crippen LogP contribution in [0.4, 0.5) is 5.69 Å². The molecule has 106 valence electrons. The molecule has 0 aliphatic carbocycles. The van der Waals surface area contributed by atoms with Crippen LogP contribution in [-0.4, -0.2) is 34.7 Å². The molecule has 2 amide bonds. The van der Waals surface area contributed by atoms with Gasteiger partial charge in [0.15, 0.2) is 0 Å². The zero-order valence-corrected chi connectivity index (χ0v) is 11.6. The molecule has 1 aromatic carbocycles. The summed E-state index contributed by atoms with van der Waals surface area (Å²) in [6.07, 6.45) is 0.304. The van der Waals surface area contributed by atoms with Crippen molar-refractivity contribution in [2.45, 2.75) is 24.3 Å².